The van der Waals surface area contributed by atoms with Crippen LogP contribution in [-0.2, 0) is 20.7 Å². The van der Waals surface area contributed by atoms with Gasteiger partial charge in [0.25, 0.3) is 0 Å². The number of hydrogen-bond donors (Lipinski definition) is 2. The highest BCUT2D eigenvalue weighted by atomic mass is 35.5. The van der Waals surface area contributed by atoms with Gasteiger partial charge in [0.1, 0.15) is 0 Å². The van der Waals surface area contributed by atoms with Crippen LogP contribution in [0, 0.1) is 0 Å². The van der Waals surface area contributed by atoms with Crippen LogP contribution in [0.5, 0.6) is 0 Å². The molecule has 114 valence electrons. The smallest absolute Gasteiger partial charge is 0.305 e. The van der Waals surface area contributed by atoms with Crippen LogP contribution in [0.3, 0.4) is 0 Å². The number of carbonyl (C=O) groups excluding carboxylic acids is 1. The first-order valence-electron chi connectivity index (χ1n) is 6.45. The Balaban J connectivity index is 2.04. The minimum absolute atomic E-state index is 0.0668. The molecule has 2 rings (SSSR count). The van der Waals surface area contributed by atoms with Crippen molar-refractivity contribution in [3.8, 4) is 0 Å². The normalized spacial score (nSPS) is 21.2. The minimum atomic E-state index is -0.967. The molecule has 1 unspecified atom stereocenters. The Morgan fingerprint density at radius 2 is 2.14 bits per heavy atom. The van der Waals surface area contributed by atoms with E-state index >= 15 is 0 Å². The summed E-state index contributed by atoms with van der Waals surface area (Å²) in [5, 5.41) is 12.7. The molecule has 1 aliphatic rings. The second-order valence-corrected chi connectivity index (χ2v) is 5.96. The third-order valence-electron chi connectivity index (χ3n) is 3.36. The summed E-state index contributed by atoms with van der Waals surface area (Å²) in [7, 11) is 0. The average Bonchev–Trinajstić information content (AvgIpc) is 2.80. The number of halogens is 2. The topological polar surface area (TPSA) is 75.6 Å². The van der Waals surface area contributed by atoms with Gasteiger partial charge in [-0.1, -0.05) is 29.3 Å². The maximum Gasteiger partial charge on any atom is 0.305 e. The van der Waals surface area contributed by atoms with Crippen molar-refractivity contribution in [2.75, 3.05) is 13.2 Å². The highest BCUT2D eigenvalue weighted by Gasteiger charge is 2.38. The molecule has 0 saturated carbocycles. The lowest BCUT2D eigenvalue weighted by atomic mass is 9.94. The summed E-state index contributed by atoms with van der Waals surface area (Å²) < 4.78 is 5.23. The highest BCUT2D eigenvalue weighted by Crippen LogP contribution is 2.24. The van der Waals surface area contributed by atoms with Crippen molar-refractivity contribution in [2.24, 2.45) is 0 Å². The number of carboxylic acids is 1. The fourth-order valence-electron chi connectivity index (χ4n) is 2.36. The second kappa shape index (κ2) is 6.64. The summed E-state index contributed by atoms with van der Waals surface area (Å²) in [5.41, 5.74) is -0.190. The standard InChI is InChI=1S/C14H15Cl2NO4/c15-10-2-1-9(11(16)6-10)5-12(18)17-14(7-13(19)20)3-4-21-8-14/h1-2,6H,3-5,7-8H2,(H,17,18)(H,19,20). The summed E-state index contributed by atoms with van der Waals surface area (Å²) in [6.45, 7) is 0.647. The fourth-order valence-corrected chi connectivity index (χ4v) is 2.83. The number of hydrogen-bond acceptors (Lipinski definition) is 3. The predicted octanol–water partition coefficient (Wildman–Crippen LogP) is 2.29. The summed E-state index contributed by atoms with van der Waals surface area (Å²) in [5.74, 6) is -1.25. The van der Waals surface area contributed by atoms with Gasteiger partial charge >= 0.3 is 5.97 Å². The molecule has 1 heterocycles. The van der Waals surface area contributed by atoms with Gasteiger partial charge in [0.2, 0.25) is 5.91 Å². The fraction of sp³-hybridized carbons (Fsp3) is 0.429. The Bertz CT molecular complexity index is 556. The maximum absolute atomic E-state index is 12.1. The molecule has 0 radical (unpaired) electrons. The SMILES string of the molecule is O=C(O)CC1(NC(=O)Cc2ccc(Cl)cc2Cl)CCOC1. The van der Waals surface area contributed by atoms with Gasteiger partial charge in [-0.15, -0.1) is 0 Å². The average molecular weight is 332 g/mol. The van der Waals surface area contributed by atoms with E-state index in [-0.39, 0.29) is 25.4 Å². The third kappa shape index (κ3) is 4.33. The van der Waals surface area contributed by atoms with Crippen molar-refractivity contribution in [1.29, 1.82) is 0 Å². The highest BCUT2D eigenvalue weighted by molar-refractivity contribution is 6.35. The van der Waals surface area contributed by atoms with E-state index in [2.05, 4.69) is 5.32 Å². The van der Waals surface area contributed by atoms with Crippen LogP contribution in [0.25, 0.3) is 0 Å². The molecular weight excluding hydrogens is 317 g/mol. The summed E-state index contributed by atoms with van der Waals surface area (Å²) in [4.78, 5) is 23.1. The molecule has 1 aromatic rings. The lowest BCUT2D eigenvalue weighted by molar-refractivity contribution is -0.139. The minimum Gasteiger partial charge on any atom is -0.481 e. The molecule has 0 aromatic heterocycles. The largest absolute Gasteiger partial charge is 0.481 e. The van der Waals surface area contributed by atoms with Crippen molar-refractivity contribution in [3.05, 3.63) is 33.8 Å². The number of benzene rings is 1. The number of nitrogens with one attached hydrogen (secondary N) is 1. The molecule has 1 fully saturated rings. The number of rotatable bonds is 5. The van der Waals surface area contributed by atoms with Gasteiger partial charge in [0.15, 0.2) is 0 Å². The molecule has 7 heteroatoms. The summed E-state index contributed by atoms with van der Waals surface area (Å²) in [6.07, 6.45) is 0.393. The monoisotopic (exact) mass is 331 g/mol. The van der Waals surface area contributed by atoms with E-state index in [0.717, 1.165) is 0 Å². The van der Waals surface area contributed by atoms with Crippen molar-refractivity contribution in [1.82, 2.24) is 5.32 Å². The second-order valence-electron chi connectivity index (χ2n) is 5.11. The van der Waals surface area contributed by atoms with Crippen molar-refractivity contribution in [3.63, 3.8) is 0 Å². The van der Waals surface area contributed by atoms with Crippen LogP contribution in [0.1, 0.15) is 18.4 Å². The Labute approximate surface area is 132 Å². The lowest BCUT2D eigenvalue weighted by Gasteiger charge is -2.27. The van der Waals surface area contributed by atoms with Gasteiger partial charge in [-0.2, -0.15) is 0 Å². The summed E-state index contributed by atoms with van der Waals surface area (Å²) in [6, 6.07) is 4.90. The van der Waals surface area contributed by atoms with Crippen LogP contribution in [0.2, 0.25) is 10.0 Å². The Morgan fingerprint density at radius 3 is 2.71 bits per heavy atom. The molecule has 1 amide bonds. The quantitative estimate of drug-likeness (QED) is 0.867. The van der Waals surface area contributed by atoms with Crippen molar-refractivity contribution < 1.29 is 19.4 Å². The molecule has 1 aromatic carbocycles. The lowest BCUT2D eigenvalue weighted by Crippen LogP contribution is -2.51. The molecule has 1 atom stereocenters. The maximum atomic E-state index is 12.1. The summed E-state index contributed by atoms with van der Waals surface area (Å²) >= 11 is 11.8. The van der Waals surface area contributed by atoms with Gasteiger partial charge in [0.05, 0.1) is 25.0 Å². The molecule has 1 saturated heterocycles. The molecule has 2 N–H and O–H groups in total. The van der Waals surface area contributed by atoms with Crippen LogP contribution in [0.15, 0.2) is 18.2 Å². The van der Waals surface area contributed by atoms with Gasteiger partial charge < -0.3 is 15.2 Å². The van der Waals surface area contributed by atoms with Gasteiger partial charge in [0, 0.05) is 16.7 Å². The molecule has 0 bridgehead atoms. The molecule has 0 aliphatic carbocycles. The Hall–Kier alpha value is -1.30. The van der Waals surface area contributed by atoms with Gasteiger partial charge in [-0.25, -0.2) is 0 Å². The van der Waals surface area contributed by atoms with E-state index in [1.54, 1.807) is 18.2 Å². The first-order chi connectivity index (χ1) is 9.90. The molecule has 21 heavy (non-hydrogen) atoms. The molecule has 5 nitrogen and oxygen atoms in total. The van der Waals surface area contributed by atoms with Gasteiger partial charge in [-0.05, 0) is 24.1 Å². The van der Waals surface area contributed by atoms with Crippen LogP contribution in [0.4, 0.5) is 0 Å². The number of ether oxygens (including phenoxy) is 1. The zero-order valence-corrected chi connectivity index (χ0v) is 12.7. The van der Waals surface area contributed by atoms with Crippen LogP contribution >= 0.6 is 23.2 Å². The van der Waals surface area contributed by atoms with Crippen molar-refractivity contribution >= 4 is 35.1 Å². The molecule has 1 aliphatic heterocycles. The van der Waals surface area contributed by atoms with Crippen LogP contribution in [-0.4, -0.2) is 35.7 Å². The number of carbonyl (C=O) groups is 2. The number of amides is 1. The van der Waals surface area contributed by atoms with Crippen LogP contribution < -0.4 is 5.32 Å². The van der Waals surface area contributed by atoms with E-state index < -0.39 is 11.5 Å². The first-order valence-corrected chi connectivity index (χ1v) is 7.20. The van der Waals surface area contributed by atoms with E-state index in [4.69, 9.17) is 33.0 Å². The number of aliphatic carboxylic acids is 1. The zero-order chi connectivity index (χ0) is 15.5. The van der Waals surface area contributed by atoms with Gasteiger partial charge in [-0.3, -0.25) is 9.59 Å². The predicted molar refractivity (Wildman–Crippen MR) is 78.7 cm³/mol. The Morgan fingerprint density at radius 1 is 1.38 bits per heavy atom. The first kappa shape index (κ1) is 16.1. The number of carboxylic acid groups (broad SMARTS) is 1. The van der Waals surface area contributed by atoms with E-state index in [9.17, 15) is 9.59 Å². The third-order valence-corrected chi connectivity index (χ3v) is 3.95. The molecule has 0 spiro atoms. The van der Waals surface area contributed by atoms with E-state index in [1.807, 2.05) is 0 Å². The van der Waals surface area contributed by atoms with E-state index in [1.165, 1.54) is 0 Å². The Kier molecular flexibility index (Phi) is 5.08. The zero-order valence-electron chi connectivity index (χ0n) is 11.2. The van der Waals surface area contributed by atoms with Crippen molar-refractivity contribution in [2.45, 2.75) is 24.8 Å². The molecular formula is C14H15Cl2NO4. The van der Waals surface area contributed by atoms with E-state index in [0.29, 0.717) is 28.6 Å².